The lowest BCUT2D eigenvalue weighted by molar-refractivity contribution is -0.131. The van der Waals surface area contributed by atoms with Gasteiger partial charge >= 0.3 is 0 Å². The second-order valence-corrected chi connectivity index (χ2v) is 6.07. The van der Waals surface area contributed by atoms with Gasteiger partial charge in [0.05, 0.1) is 19.6 Å². The van der Waals surface area contributed by atoms with Crippen LogP contribution in [0.25, 0.3) is 0 Å². The third kappa shape index (κ3) is 10.7. The monoisotopic (exact) mass is 422 g/mol. The SMILES string of the molecule is NCC(=O)NCC(=O)N[C@@H](Cc1ccccc1)C(=O)NCC(=O)NCOCC(N)=O. The Morgan fingerprint density at radius 2 is 1.57 bits per heavy atom. The lowest BCUT2D eigenvalue weighted by Crippen LogP contribution is -2.52. The van der Waals surface area contributed by atoms with E-state index in [4.69, 9.17) is 16.2 Å². The molecular formula is C18H26N6O6. The first kappa shape index (κ1) is 24.5. The predicted octanol–water partition coefficient (Wildman–Crippen LogP) is -3.52. The van der Waals surface area contributed by atoms with Crippen molar-refractivity contribution in [3.8, 4) is 0 Å². The van der Waals surface area contributed by atoms with Gasteiger partial charge in [-0.05, 0) is 5.56 Å². The Bertz CT molecular complexity index is 742. The first-order valence-corrected chi connectivity index (χ1v) is 9.02. The standard InChI is InChI=1S/C18H26N6O6/c19-7-15(26)21-9-17(28)24-13(6-12-4-2-1-3-5-12)18(29)22-8-16(27)23-11-30-10-14(20)25/h1-5,13H,6-11,19H2,(H2,20,25)(H,21,26)(H,22,29)(H,23,27)(H,24,28)/t13-/m0/s1. The molecule has 12 heteroatoms. The van der Waals surface area contributed by atoms with Crippen molar-refractivity contribution in [1.82, 2.24) is 21.3 Å². The van der Waals surface area contributed by atoms with E-state index >= 15 is 0 Å². The van der Waals surface area contributed by atoms with Gasteiger partial charge in [-0.3, -0.25) is 24.0 Å². The molecule has 1 aromatic carbocycles. The molecule has 0 saturated heterocycles. The number of nitrogens with one attached hydrogen (secondary N) is 4. The molecule has 0 bridgehead atoms. The summed E-state index contributed by atoms with van der Waals surface area (Å²) in [6.45, 7) is -1.57. The van der Waals surface area contributed by atoms with E-state index < -0.39 is 35.6 Å². The number of ether oxygens (including phenoxy) is 1. The van der Waals surface area contributed by atoms with E-state index in [-0.39, 0.29) is 39.4 Å². The summed E-state index contributed by atoms with van der Waals surface area (Å²) < 4.78 is 4.79. The van der Waals surface area contributed by atoms with Crippen LogP contribution in [0.15, 0.2) is 30.3 Å². The van der Waals surface area contributed by atoms with Gasteiger partial charge < -0.3 is 37.5 Å². The fourth-order valence-electron chi connectivity index (χ4n) is 2.19. The van der Waals surface area contributed by atoms with Gasteiger partial charge in [-0.1, -0.05) is 30.3 Å². The van der Waals surface area contributed by atoms with Crippen LogP contribution in [-0.4, -0.2) is 68.5 Å². The third-order valence-corrected chi connectivity index (χ3v) is 3.60. The number of carbonyl (C=O) groups is 5. The summed E-state index contributed by atoms with van der Waals surface area (Å²) in [5.41, 5.74) is 10.8. The predicted molar refractivity (Wildman–Crippen MR) is 105 cm³/mol. The van der Waals surface area contributed by atoms with Gasteiger partial charge in [0.2, 0.25) is 29.5 Å². The Balaban J connectivity index is 2.58. The van der Waals surface area contributed by atoms with Crippen LogP contribution >= 0.6 is 0 Å². The molecule has 5 amide bonds. The van der Waals surface area contributed by atoms with Gasteiger partial charge in [0.1, 0.15) is 19.4 Å². The molecule has 0 heterocycles. The van der Waals surface area contributed by atoms with Crippen molar-refractivity contribution >= 4 is 29.5 Å². The van der Waals surface area contributed by atoms with Gasteiger partial charge in [-0.25, -0.2) is 0 Å². The quantitative estimate of drug-likeness (QED) is 0.140. The van der Waals surface area contributed by atoms with Crippen molar-refractivity contribution in [2.45, 2.75) is 12.5 Å². The van der Waals surface area contributed by atoms with E-state index in [0.29, 0.717) is 0 Å². The van der Waals surface area contributed by atoms with Crippen molar-refractivity contribution in [3.63, 3.8) is 0 Å². The van der Waals surface area contributed by atoms with Gasteiger partial charge in [-0.2, -0.15) is 0 Å². The topological polar surface area (TPSA) is 195 Å². The molecule has 0 fully saturated rings. The highest BCUT2D eigenvalue weighted by atomic mass is 16.5. The van der Waals surface area contributed by atoms with E-state index in [2.05, 4.69) is 21.3 Å². The number of rotatable bonds is 13. The van der Waals surface area contributed by atoms with Crippen molar-refractivity contribution in [2.75, 3.05) is 33.0 Å². The molecule has 0 aromatic heterocycles. The van der Waals surface area contributed by atoms with Crippen LogP contribution in [0, 0.1) is 0 Å². The summed E-state index contributed by atoms with van der Waals surface area (Å²) in [6.07, 6.45) is 0.173. The normalized spacial score (nSPS) is 11.1. The molecule has 0 spiro atoms. The Kier molecular flexibility index (Phi) is 11.1. The minimum Gasteiger partial charge on any atom is -0.368 e. The molecule has 0 aliphatic rings. The summed E-state index contributed by atoms with van der Waals surface area (Å²) in [6, 6.07) is 7.97. The summed E-state index contributed by atoms with van der Waals surface area (Å²) in [4.78, 5) is 58.0. The van der Waals surface area contributed by atoms with Crippen LogP contribution in [0.3, 0.4) is 0 Å². The van der Waals surface area contributed by atoms with Gasteiger partial charge in [0, 0.05) is 6.42 Å². The van der Waals surface area contributed by atoms with E-state index in [1.165, 1.54) is 0 Å². The fourth-order valence-corrected chi connectivity index (χ4v) is 2.19. The molecule has 0 saturated carbocycles. The maximum Gasteiger partial charge on any atom is 0.243 e. The number of hydrogen-bond acceptors (Lipinski definition) is 7. The van der Waals surface area contributed by atoms with Crippen molar-refractivity contribution in [3.05, 3.63) is 35.9 Å². The second-order valence-electron chi connectivity index (χ2n) is 6.07. The van der Waals surface area contributed by atoms with Crippen LogP contribution in [0.4, 0.5) is 0 Å². The number of benzene rings is 1. The molecule has 8 N–H and O–H groups in total. The average molecular weight is 422 g/mol. The van der Waals surface area contributed by atoms with Gasteiger partial charge in [0.15, 0.2) is 0 Å². The van der Waals surface area contributed by atoms with E-state index in [1.807, 2.05) is 6.07 Å². The maximum atomic E-state index is 12.5. The van der Waals surface area contributed by atoms with E-state index in [0.717, 1.165) is 5.56 Å². The maximum absolute atomic E-state index is 12.5. The zero-order chi connectivity index (χ0) is 22.4. The number of carbonyl (C=O) groups excluding carboxylic acids is 5. The first-order valence-electron chi connectivity index (χ1n) is 9.02. The Hall–Kier alpha value is -3.51. The molecule has 30 heavy (non-hydrogen) atoms. The lowest BCUT2D eigenvalue weighted by atomic mass is 10.1. The molecule has 12 nitrogen and oxygen atoms in total. The van der Waals surface area contributed by atoms with Crippen molar-refractivity contribution in [2.24, 2.45) is 11.5 Å². The summed E-state index contributed by atoms with van der Waals surface area (Å²) >= 11 is 0. The van der Waals surface area contributed by atoms with E-state index in [1.54, 1.807) is 24.3 Å². The first-order chi connectivity index (χ1) is 14.3. The molecular weight excluding hydrogens is 396 g/mol. The summed E-state index contributed by atoms with van der Waals surface area (Å²) in [7, 11) is 0. The summed E-state index contributed by atoms with van der Waals surface area (Å²) in [5.74, 6) is -2.93. The van der Waals surface area contributed by atoms with Crippen LogP contribution in [0.1, 0.15) is 5.56 Å². The average Bonchev–Trinajstić information content (AvgIpc) is 2.73. The molecule has 1 atom stereocenters. The highest BCUT2D eigenvalue weighted by Gasteiger charge is 2.22. The van der Waals surface area contributed by atoms with Gasteiger partial charge in [0.25, 0.3) is 0 Å². The molecule has 0 radical (unpaired) electrons. The van der Waals surface area contributed by atoms with Crippen LogP contribution < -0.4 is 32.7 Å². The minimum absolute atomic E-state index is 0.173. The molecule has 1 rings (SSSR count). The highest BCUT2D eigenvalue weighted by Crippen LogP contribution is 2.03. The fraction of sp³-hybridized carbons (Fsp3) is 0.389. The molecule has 164 valence electrons. The number of amides is 5. The largest absolute Gasteiger partial charge is 0.368 e. The van der Waals surface area contributed by atoms with Crippen LogP contribution in [0.5, 0.6) is 0 Å². The Morgan fingerprint density at radius 1 is 0.900 bits per heavy atom. The number of hydrogen-bond donors (Lipinski definition) is 6. The summed E-state index contributed by atoms with van der Waals surface area (Å²) in [5, 5.41) is 9.57. The second kappa shape index (κ2) is 13.6. The zero-order valence-electron chi connectivity index (χ0n) is 16.3. The highest BCUT2D eigenvalue weighted by molar-refractivity contribution is 5.92. The zero-order valence-corrected chi connectivity index (χ0v) is 16.3. The smallest absolute Gasteiger partial charge is 0.243 e. The number of primary amides is 1. The third-order valence-electron chi connectivity index (χ3n) is 3.60. The Morgan fingerprint density at radius 3 is 2.20 bits per heavy atom. The minimum atomic E-state index is -0.978. The molecule has 1 aromatic rings. The van der Waals surface area contributed by atoms with Crippen molar-refractivity contribution < 1.29 is 28.7 Å². The van der Waals surface area contributed by atoms with E-state index in [9.17, 15) is 24.0 Å². The molecule has 0 unspecified atom stereocenters. The lowest BCUT2D eigenvalue weighted by Gasteiger charge is -2.19. The van der Waals surface area contributed by atoms with Crippen molar-refractivity contribution in [1.29, 1.82) is 0 Å². The van der Waals surface area contributed by atoms with Gasteiger partial charge in [-0.15, -0.1) is 0 Å². The Labute approximate surface area is 173 Å². The van der Waals surface area contributed by atoms with Crippen LogP contribution in [0.2, 0.25) is 0 Å². The number of nitrogens with two attached hydrogens (primary N) is 2. The molecule has 0 aliphatic carbocycles. The van der Waals surface area contributed by atoms with Crippen LogP contribution in [-0.2, 0) is 35.1 Å². The molecule has 0 aliphatic heterocycles.